The van der Waals surface area contributed by atoms with Gasteiger partial charge in [-0.1, -0.05) is 6.08 Å². The summed E-state index contributed by atoms with van der Waals surface area (Å²) in [5.41, 5.74) is 1.22. The summed E-state index contributed by atoms with van der Waals surface area (Å²) in [6, 6.07) is 3.98. The van der Waals surface area contributed by atoms with Crippen molar-refractivity contribution in [2.45, 2.75) is 13.3 Å². The molecule has 6 heteroatoms. The lowest BCUT2D eigenvalue weighted by atomic mass is 10.1. The van der Waals surface area contributed by atoms with Gasteiger partial charge in [-0.15, -0.1) is 11.3 Å². The van der Waals surface area contributed by atoms with Crippen molar-refractivity contribution >= 4 is 27.9 Å². The molecule has 1 amide bonds. The van der Waals surface area contributed by atoms with E-state index in [2.05, 4.69) is 21.3 Å². The zero-order chi connectivity index (χ0) is 14.7. The lowest BCUT2D eigenvalue weighted by Gasteiger charge is -2.24. The van der Waals surface area contributed by atoms with Gasteiger partial charge in [0.15, 0.2) is 5.13 Å². The van der Waals surface area contributed by atoms with Crippen molar-refractivity contribution in [3.05, 3.63) is 41.3 Å². The molecule has 0 spiro atoms. The van der Waals surface area contributed by atoms with Gasteiger partial charge in [-0.3, -0.25) is 9.69 Å². The molecule has 3 rings (SSSR count). The highest BCUT2D eigenvalue weighted by Gasteiger charge is 2.17. The predicted octanol–water partition coefficient (Wildman–Crippen LogP) is 2.77. The highest BCUT2D eigenvalue weighted by Crippen LogP contribution is 2.24. The number of anilines is 1. The topological polar surface area (TPSA) is 58.4 Å². The molecule has 3 heterocycles. The molecule has 0 saturated heterocycles. The number of nitrogens with zero attached hydrogens (tertiary/aromatic N) is 2. The van der Waals surface area contributed by atoms with E-state index in [0.29, 0.717) is 11.7 Å². The van der Waals surface area contributed by atoms with Gasteiger partial charge in [-0.05, 0) is 31.1 Å². The Morgan fingerprint density at radius 2 is 2.43 bits per heavy atom. The largest absolute Gasteiger partial charge is 0.462 e. The molecule has 5 nitrogen and oxygen atoms in total. The van der Waals surface area contributed by atoms with Crippen LogP contribution in [-0.2, 0) is 4.79 Å². The van der Waals surface area contributed by atoms with E-state index in [1.54, 1.807) is 6.20 Å². The molecule has 0 aliphatic carbocycles. The lowest BCUT2D eigenvalue weighted by molar-refractivity contribution is -0.117. The molecule has 1 aliphatic heterocycles. The molecule has 21 heavy (non-hydrogen) atoms. The minimum absolute atomic E-state index is 0.0179. The minimum Gasteiger partial charge on any atom is -0.462 e. The number of aryl methyl sites for hydroxylation is 1. The number of amides is 1. The van der Waals surface area contributed by atoms with Gasteiger partial charge in [0.25, 0.3) is 0 Å². The van der Waals surface area contributed by atoms with E-state index in [4.69, 9.17) is 4.42 Å². The number of aromatic nitrogens is 1. The number of furan rings is 1. The SMILES string of the molecule is Cc1ccc(C2=CCN(CC(=O)Nc3nccs3)CC2)o1. The molecule has 110 valence electrons. The fourth-order valence-electron chi connectivity index (χ4n) is 2.33. The molecule has 0 bridgehead atoms. The third-order valence-corrected chi connectivity index (χ3v) is 4.08. The van der Waals surface area contributed by atoms with Crippen LogP contribution < -0.4 is 5.32 Å². The highest BCUT2D eigenvalue weighted by molar-refractivity contribution is 7.13. The van der Waals surface area contributed by atoms with Gasteiger partial charge >= 0.3 is 0 Å². The molecule has 1 N–H and O–H groups in total. The first kappa shape index (κ1) is 14.0. The van der Waals surface area contributed by atoms with E-state index >= 15 is 0 Å². The number of nitrogens with one attached hydrogen (secondary N) is 1. The van der Waals surface area contributed by atoms with Gasteiger partial charge in [0.05, 0.1) is 6.54 Å². The van der Waals surface area contributed by atoms with Crippen molar-refractivity contribution in [2.75, 3.05) is 25.0 Å². The van der Waals surface area contributed by atoms with Crippen LogP contribution in [0.1, 0.15) is 17.9 Å². The van der Waals surface area contributed by atoms with Gasteiger partial charge in [0.1, 0.15) is 11.5 Å². The maximum absolute atomic E-state index is 11.9. The van der Waals surface area contributed by atoms with E-state index < -0.39 is 0 Å². The van der Waals surface area contributed by atoms with Crippen molar-refractivity contribution in [3.8, 4) is 0 Å². The molecule has 0 aromatic carbocycles. The van der Waals surface area contributed by atoms with E-state index in [9.17, 15) is 4.79 Å². The van der Waals surface area contributed by atoms with Gasteiger partial charge < -0.3 is 9.73 Å². The summed E-state index contributed by atoms with van der Waals surface area (Å²) in [4.78, 5) is 18.1. The Labute approximate surface area is 127 Å². The molecule has 0 unspecified atom stereocenters. The summed E-state index contributed by atoms with van der Waals surface area (Å²) in [6.45, 7) is 3.96. The van der Waals surface area contributed by atoms with Crippen LogP contribution in [0.15, 0.2) is 34.2 Å². The van der Waals surface area contributed by atoms with Crippen LogP contribution in [0.3, 0.4) is 0 Å². The van der Waals surface area contributed by atoms with Crippen LogP contribution >= 0.6 is 11.3 Å². The van der Waals surface area contributed by atoms with Crippen LogP contribution in [0.2, 0.25) is 0 Å². The first-order chi connectivity index (χ1) is 10.2. The third-order valence-electron chi connectivity index (χ3n) is 3.40. The van der Waals surface area contributed by atoms with E-state index in [1.807, 2.05) is 24.4 Å². The van der Waals surface area contributed by atoms with Crippen molar-refractivity contribution in [1.82, 2.24) is 9.88 Å². The summed E-state index contributed by atoms with van der Waals surface area (Å²) >= 11 is 1.43. The Kier molecular flexibility index (Phi) is 4.17. The number of hydrogen-bond donors (Lipinski definition) is 1. The smallest absolute Gasteiger partial charge is 0.240 e. The monoisotopic (exact) mass is 303 g/mol. The van der Waals surface area contributed by atoms with Crippen LogP contribution in [0.4, 0.5) is 5.13 Å². The summed E-state index contributed by atoms with van der Waals surface area (Å²) in [5.74, 6) is 1.85. The Morgan fingerprint density at radius 3 is 3.05 bits per heavy atom. The van der Waals surface area contributed by atoms with Crippen molar-refractivity contribution in [1.29, 1.82) is 0 Å². The quantitative estimate of drug-likeness (QED) is 0.943. The Hall–Kier alpha value is -1.92. The summed E-state index contributed by atoms with van der Waals surface area (Å²) in [7, 11) is 0. The van der Waals surface area contributed by atoms with E-state index in [0.717, 1.165) is 31.0 Å². The number of carbonyl (C=O) groups is 1. The fraction of sp³-hybridized carbons (Fsp3) is 0.333. The van der Waals surface area contributed by atoms with Crippen LogP contribution in [0.25, 0.3) is 5.57 Å². The Morgan fingerprint density at radius 1 is 1.52 bits per heavy atom. The van der Waals surface area contributed by atoms with Crippen LogP contribution in [0, 0.1) is 6.92 Å². The molecule has 0 radical (unpaired) electrons. The molecule has 2 aromatic rings. The Balaban J connectivity index is 1.53. The lowest BCUT2D eigenvalue weighted by Crippen LogP contribution is -2.36. The van der Waals surface area contributed by atoms with Crippen molar-refractivity contribution < 1.29 is 9.21 Å². The van der Waals surface area contributed by atoms with Crippen LogP contribution in [-0.4, -0.2) is 35.4 Å². The molecule has 0 saturated carbocycles. The van der Waals surface area contributed by atoms with Crippen molar-refractivity contribution in [3.63, 3.8) is 0 Å². The summed E-state index contributed by atoms with van der Waals surface area (Å²) < 4.78 is 5.64. The maximum Gasteiger partial charge on any atom is 0.240 e. The number of rotatable bonds is 4. The second kappa shape index (κ2) is 6.24. The van der Waals surface area contributed by atoms with E-state index in [-0.39, 0.29) is 5.91 Å². The molecule has 1 aliphatic rings. The molecular weight excluding hydrogens is 286 g/mol. The van der Waals surface area contributed by atoms with Gasteiger partial charge in [0, 0.05) is 24.7 Å². The zero-order valence-corrected chi connectivity index (χ0v) is 12.7. The second-order valence-corrected chi connectivity index (χ2v) is 5.90. The van der Waals surface area contributed by atoms with Crippen molar-refractivity contribution in [2.24, 2.45) is 0 Å². The average Bonchev–Trinajstić information content (AvgIpc) is 3.11. The average molecular weight is 303 g/mol. The van der Waals surface area contributed by atoms with Crippen LogP contribution in [0.5, 0.6) is 0 Å². The Bertz CT molecular complexity index is 646. The van der Waals surface area contributed by atoms with E-state index in [1.165, 1.54) is 16.9 Å². The highest BCUT2D eigenvalue weighted by atomic mass is 32.1. The summed E-state index contributed by atoms with van der Waals surface area (Å²) in [6.07, 6.45) is 4.72. The first-order valence-electron chi connectivity index (χ1n) is 6.88. The normalized spacial score (nSPS) is 15.8. The molecule has 0 atom stereocenters. The fourth-order valence-corrected chi connectivity index (χ4v) is 2.88. The number of thiazole rings is 1. The predicted molar refractivity (Wildman–Crippen MR) is 83.2 cm³/mol. The third kappa shape index (κ3) is 3.59. The zero-order valence-electron chi connectivity index (χ0n) is 11.8. The van der Waals surface area contributed by atoms with Gasteiger partial charge in [-0.2, -0.15) is 0 Å². The maximum atomic E-state index is 11.9. The standard InChI is InChI=1S/C15H17N3O2S/c1-11-2-3-13(20-11)12-4-7-18(8-5-12)10-14(19)17-15-16-6-9-21-15/h2-4,6,9H,5,7-8,10H2,1H3,(H,16,17,19). The number of carbonyl (C=O) groups excluding carboxylic acids is 1. The first-order valence-corrected chi connectivity index (χ1v) is 7.76. The van der Waals surface area contributed by atoms with Gasteiger partial charge in [0.2, 0.25) is 5.91 Å². The second-order valence-electron chi connectivity index (χ2n) is 5.01. The summed E-state index contributed by atoms with van der Waals surface area (Å²) in [5, 5.41) is 5.30. The molecule has 2 aromatic heterocycles. The minimum atomic E-state index is -0.0179. The van der Waals surface area contributed by atoms with Gasteiger partial charge in [-0.25, -0.2) is 4.98 Å². The molecular formula is C15H17N3O2S. The molecule has 0 fully saturated rings. The number of hydrogen-bond acceptors (Lipinski definition) is 5.